The monoisotopic (exact) mass is 206 g/mol. The van der Waals surface area contributed by atoms with Crippen LogP contribution in [0.25, 0.3) is 0 Å². The lowest BCUT2D eigenvalue weighted by molar-refractivity contribution is 0.577. The Bertz CT molecular complexity index is 305. The normalized spacial score (nSPS) is 18.5. The summed E-state index contributed by atoms with van der Waals surface area (Å²) in [6.07, 6.45) is 11.2. The van der Waals surface area contributed by atoms with Crippen molar-refractivity contribution in [3.8, 4) is 0 Å². The summed E-state index contributed by atoms with van der Waals surface area (Å²) in [6, 6.07) is 0. The van der Waals surface area contributed by atoms with Gasteiger partial charge in [-0.1, -0.05) is 25.7 Å². The maximum atomic E-state index is 5.44. The van der Waals surface area contributed by atoms with Crippen molar-refractivity contribution in [2.24, 2.45) is 5.84 Å². The van der Waals surface area contributed by atoms with E-state index in [1.54, 1.807) is 12.4 Å². The number of nitrogen functional groups attached to an aromatic ring is 1. The molecule has 0 spiro atoms. The van der Waals surface area contributed by atoms with Crippen LogP contribution in [0.5, 0.6) is 0 Å². The number of hydrazine groups is 1. The fraction of sp³-hybridized carbons (Fsp3) is 0.636. The highest BCUT2D eigenvalue weighted by Gasteiger charge is 2.18. The van der Waals surface area contributed by atoms with Gasteiger partial charge in [0.2, 0.25) is 0 Å². The summed E-state index contributed by atoms with van der Waals surface area (Å²) in [6.45, 7) is 0. The van der Waals surface area contributed by atoms with Gasteiger partial charge < -0.3 is 5.43 Å². The number of nitrogens with zero attached hydrogens (tertiary/aromatic N) is 2. The first-order valence-electron chi connectivity index (χ1n) is 5.69. The predicted octanol–water partition coefficient (Wildman–Crippen LogP) is 2.20. The second kappa shape index (κ2) is 5.07. The van der Waals surface area contributed by atoms with E-state index >= 15 is 0 Å². The Kier molecular flexibility index (Phi) is 3.50. The largest absolute Gasteiger partial charge is 0.307 e. The SMILES string of the molecule is NNc1nccnc1C1CCCCCC1. The Morgan fingerprint density at radius 2 is 1.73 bits per heavy atom. The molecular formula is C11H18N4. The van der Waals surface area contributed by atoms with E-state index in [4.69, 9.17) is 5.84 Å². The molecule has 3 N–H and O–H groups in total. The highest BCUT2D eigenvalue weighted by Crippen LogP contribution is 2.32. The van der Waals surface area contributed by atoms with E-state index in [0.717, 1.165) is 11.5 Å². The number of nitrogens with one attached hydrogen (secondary N) is 1. The van der Waals surface area contributed by atoms with Crippen LogP contribution in [-0.4, -0.2) is 9.97 Å². The minimum absolute atomic E-state index is 0.534. The van der Waals surface area contributed by atoms with Crippen LogP contribution in [0.4, 0.5) is 5.82 Å². The van der Waals surface area contributed by atoms with Gasteiger partial charge in [0.1, 0.15) is 0 Å². The zero-order valence-electron chi connectivity index (χ0n) is 8.95. The van der Waals surface area contributed by atoms with Crippen molar-refractivity contribution >= 4 is 5.82 Å². The van der Waals surface area contributed by atoms with Gasteiger partial charge in [0, 0.05) is 18.3 Å². The molecule has 4 heteroatoms. The average Bonchev–Trinajstić information content (AvgIpc) is 2.57. The molecule has 0 unspecified atom stereocenters. The minimum Gasteiger partial charge on any atom is -0.307 e. The summed E-state index contributed by atoms with van der Waals surface area (Å²) in [4.78, 5) is 8.61. The number of rotatable bonds is 2. The maximum Gasteiger partial charge on any atom is 0.162 e. The molecule has 0 atom stereocenters. The fourth-order valence-electron chi connectivity index (χ4n) is 2.31. The molecule has 4 nitrogen and oxygen atoms in total. The zero-order chi connectivity index (χ0) is 10.5. The third-order valence-corrected chi connectivity index (χ3v) is 3.11. The molecule has 0 aliphatic heterocycles. The smallest absolute Gasteiger partial charge is 0.162 e. The first-order valence-corrected chi connectivity index (χ1v) is 5.69. The molecular weight excluding hydrogens is 188 g/mol. The molecule has 1 aromatic heterocycles. The van der Waals surface area contributed by atoms with E-state index in [2.05, 4.69) is 15.4 Å². The van der Waals surface area contributed by atoms with Crippen LogP contribution < -0.4 is 11.3 Å². The van der Waals surface area contributed by atoms with Crippen molar-refractivity contribution in [1.29, 1.82) is 0 Å². The second-order valence-electron chi connectivity index (χ2n) is 4.12. The summed E-state index contributed by atoms with van der Waals surface area (Å²) in [7, 11) is 0. The molecule has 2 rings (SSSR count). The van der Waals surface area contributed by atoms with Crippen LogP contribution in [0.15, 0.2) is 12.4 Å². The molecule has 1 aromatic rings. The van der Waals surface area contributed by atoms with E-state index in [9.17, 15) is 0 Å². The van der Waals surface area contributed by atoms with Crippen LogP contribution >= 0.6 is 0 Å². The number of anilines is 1. The number of hydrogen-bond donors (Lipinski definition) is 2. The van der Waals surface area contributed by atoms with Crippen molar-refractivity contribution < 1.29 is 0 Å². The van der Waals surface area contributed by atoms with Crippen LogP contribution in [0.1, 0.15) is 50.1 Å². The fourth-order valence-corrected chi connectivity index (χ4v) is 2.31. The van der Waals surface area contributed by atoms with Gasteiger partial charge in [0.05, 0.1) is 5.69 Å². The van der Waals surface area contributed by atoms with Gasteiger partial charge in [0.15, 0.2) is 5.82 Å². The van der Waals surface area contributed by atoms with Gasteiger partial charge in [-0.2, -0.15) is 0 Å². The standard InChI is InChI=1S/C11H18N4/c12-15-11-10(13-7-8-14-11)9-5-3-1-2-4-6-9/h7-9H,1-6,12H2,(H,14,15). The van der Waals surface area contributed by atoms with Crippen molar-refractivity contribution in [2.45, 2.75) is 44.4 Å². The molecule has 1 aliphatic rings. The molecule has 1 aliphatic carbocycles. The van der Waals surface area contributed by atoms with Gasteiger partial charge in [-0.25, -0.2) is 10.8 Å². The summed E-state index contributed by atoms with van der Waals surface area (Å²) in [5.41, 5.74) is 3.68. The quantitative estimate of drug-likeness (QED) is 0.442. The summed E-state index contributed by atoms with van der Waals surface area (Å²) < 4.78 is 0. The Hall–Kier alpha value is -1.16. The maximum absolute atomic E-state index is 5.44. The topological polar surface area (TPSA) is 63.8 Å². The lowest BCUT2D eigenvalue weighted by atomic mass is 9.96. The van der Waals surface area contributed by atoms with E-state index < -0.39 is 0 Å². The lowest BCUT2D eigenvalue weighted by Gasteiger charge is -2.15. The third kappa shape index (κ3) is 2.45. The van der Waals surface area contributed by atoms with Gasteiger partial charge in [-0.05, 0) is 12.8 Å². The number of aromatic nitrogens is 2. The molecule has 1 fully saturated rings. The summed E-state index contributed by atoms with van der Waals surface area (Å²) in [5, 5.41) is 0. The van der Waals surface area contributed by atoms with Gasteiger partial charge >= 0.3 is 0 Å². The van der Waals surface area contributed by atoms with Crippen LogP contribution in [0.3, 0.4) is 0 Å². The molecule has 0 saturated heterocycles. The Balaban J connectivity index is 2.18. The van der Waals surface area contributed by atoms with E-state index in [1.165, 1.54) is 38.5 Å². The first kappa shape index (κ1) is 10.4. The van der Waals surface area contributed by atoms with Crippen LogP contribution in [0, 0.1) is 0 Å². The second-order valence-corrected chi connectivity index (χ2v) is 4.12. The van der Waals surface area contributed by atoms with Crippen molar-refractivity contribution in [2.75, 3.05) is 5.43 Å². The molecule has 0 radical (unpaired) electrons. The average molecular weight is 206 g/mol. The number of hydrogen-bond acceptors (Lipinski definition) is 4. The molecule has 82 valence electrons. The summed E-state index contributed by atoms with van der Waals surface area (Å²) in [5.74, 6) is 6.72. The van der Waals surface area contributed by atoms with E-state index in [0.29, 0.717) is 5.92 Å². The Morgan fingerprint density at radius 3 is 2.40 bits per heavy atom. The lowest BCUT2D eigenvalue weighted by Crippen LogP contribution is -2.14. The van der Waals surface area contributed by atoms with Gasteiger partial charge in [-0.3, -0.25) is 4.98 Å². The third-order valence-electron chi connectivity index (χ3n) is 3.11. The van der Waals surface area contributed by atoms with E-state index in [1.807, 2.05) is 0 Å². The molecule has 0 bridgehead atoms. The zero-order valence-corrected chi connectivity index (χ0v) is 8.95. The molecule has 1 saturated carbocycles. The summed E-state index contributed by atoms with van der Waals surface area (Å²) >= 11 is 0. The molecule has 1 heterocycles. The van der Waals surface area contributed by atoms with Crippen molar-refractivity contribution in [1.82, 2.24) is 9.97 Å². The first-order chi connectivity index (χ1) is 7.42. The van der Waals surface area contributed by atoms with Gasteiger partial charge in [-0.15, -0.1) is 0 Å². The highest BCUT2D eigenvalue weighted by atomic mass is 15.3. The minimum atomic E-state index is 0.534. The number of nitrogens with two attached hydrogens (primary N) is 1. The van der Waals surface area contributed by atoms with E-state index in [-0.39, 0.29) is 0 Å². The van der Waals surface area contributed by atoms with Gasteiger partial charge in [0.25, 0.3) is 0 Å². The predicted molar refractivity (Wildman–Crippen MR) is 60.3 cm³/mol. The Morgan fingerprint density at radius 1 is 1.07 bits per heavy atom. The highest BCUT2D eigenvalue weighted by molar-refractivity contribution is 5.40. The van der Waals surface area contributed by atoms with Crippen molar-refractivity contribution in [3.05, 3.63) is 18.1 Å². The van der Waals surface area contributed by atoms with Crippen molar-refractivity contribution in [3.63, 3.8) is 0 Å². The molecule has 15 heavy (non-hydrogen) atoms. The van der Waals surface area contributed by atoms with Crippen LogP contribution in [0.2, 0.25) is 0 Å². The molecule has 0 amide bonds. The Labute approximate surface area is 90.3 Å². The van der Waals surface area contributed by atoms with Crippen LogP contribution in [-0.2, 0) is 0 Å². The molecule has 0 aromatic carbocycles.